The monoisotopic (exact) mass is 385 g/mol. The van der Waals surface area contributed by atoms with Gasteiger partial charge in [-0.2, -0.15) is 4.68 Å². The van der Waals surface area contributed by atoms with E-state index < -0.39 is 11.9 Å². The van der Waals surface area contributed by atoms with Gasteiger partial charge in [0.25, 0.3) is 0 Å². The largest absolute Gasteiger partial charge is 0.462 e. The normalized spacial score (nSPS) is 14.6. The molecule has 1 saturated carbocycles. The molecule has 1 heterocycles. The summed E-state index contributed by atoms with van der Waals surface area (Å²) in [5, 5.41) is 0. The maximum absolute atomic E-state index is 12.7. The highest BCUT2D eigenvalue weighted by Crippen LogP contribution is 2.26. The number of carbonyl (C=O) groups is 2. The molecule has 1 fully saturated rings. The number of rotatable bonds is 7. The number of hydrogen-bond acceptors (Lipinski definition) is 4. The van der Waals surface area contributed by atoms with Gasteiger partial charge in [0.1, 0.15) is 0 Å². The Morgan fingerprint density at radius 2 is 1.89 bits per heavy atom. The maximum atomic E-state index is 12.7. The summed E-state index contributed by atoms with van der Waals surface area (Å²) in [4.78, 5) is 24.8. The molecule has 6 heteroatoms. The summed E-state index contributed by atoms with van der Waals surface area (Å²) >= 11 is 0. The van der Waals surface area contributed by atoms with E-state index in [-0.39, 0.29) is 24.3 Å². The molecular formula is C22H29N2O4+. The predicted molar refractivity (Wildman–Crippen MR) is 104 cm³/mol. The van der Waals surface area contributed by atoms with Crippen LogP contribution in [-0.4, -0.2) is 29.8 Å². The summed E-state index contributed by atoms with van der Waals surface area (Å²) < 4.78 is 14.9. The number of nitrogens with zero attached hydrogens (tertiary/aromatic N) is 2. The van der Waals surface area contributed by atoms with Crippen LogP contribution in [0.15, 0.2) is 36.7 Å². The Morgan fingerprint density at radius 3 is 2.64 bits per heavy atom. The second kappa shape index (κ2) is 9.53. The van der Waals surface area contributed by atoms with Gasteiger partial charge in [0.2, 0.25) is 6.54 Å². The minimum Gasteiger partial charge on any atom is -0.462 e. The first-order chi connectivity index (χ1) is 13.6. The van der Waals surface area contributed by atoms with Crippen LogP contribution in [0.3, 0.4) is 0 Å². The number of carbonyl (C=O) groups excluding carboxylic acids is 2. The van der Waals surface area contributed by atoms with Crippen LogP contribution in [0.5, 0.6) is 0 Å². The molecule has 0 spiro atoms. The zero-order chi connectivity index (χ0) is 19.9. The molecule has 1 aliphatic carbocycles. The zero-order valence-corrected chi connectivity index (χ0v) is 16.7. The van der Waals surface area contributed by atoms with E-state index in [4.69, 9.17) is 9.47 Å². The van der Waals surface area contributed by atoms with Crippen molar-refractivity contribution < 1.29 is 23.7 Å². The summed E-state index contributed by atoms with van der Waals surface area (Å²) in [5.74, 6) is -0.990. The number of benzene rings is 1. The molecule has 3 rings (SSSR count). The molecule has 0 N–H and O–H groups in total. The standard InChI is InChI=1S/C22H29N2O4/c1-3-27-21(25)19-12-7-9-17(2)20(19)22(26)28-16-15-23-13-8-14-24(23)18-10-5-4-6-11-18/h7-9,12-14,18H,3-6,10-11,15-16H2,1-2H3/q+1. The molecule has 0 bridgehead atoms. The minimum absolute atomic E-state index is 0.247. The topological polar surface area (TPSA) is 61.4 Å². The summed E-state index contributed by atoms with van der Waals surface area (Å²) in [7, 11) is 0. The van der Waals surface area contributed by atoms with Gasteiger partial charge in [0.05, 0.1) is 30.0 Å². The highest BCUT2D eigenvalue weighted by atomic mass is 16.5. The first-order valence-corrected chi connectivity index (χ1v) is 10.1. The molecule has 150 valence electrons. The quantitative estimate of drug-likeness (QED) is 0.539. The average molecular weight is 385 g/mol. The van der Waals surface area contributed by atoms with Gasteiger partial charge in [-0.15, -0.1) is 4.68 Å². The van der Waals surface area contributed by atoms with Crippen LogP contribution in [0.1, 0.15) is 71.3 Å². The van der Waals surface area contributed by atoms with Crippen LogP contribution in [0, 0.1) is 6.92 Å². The molecule has 28 heavy (non-hydrogen) atoms. The van der Waals surface area contributed by atoms with Crippen molar-refractivity contribution in [2.75, 3.05) is 13.2 Å². The summed E-state index contributed by atoms with van der Waals surface area (Å²) in [6.07, 6.45) is 10.3. The zero-order valence-electron chi connectivity index (χ0n) is 16.7. The van der Waals surface area contributed by atoms with E-state index in [0.29, 0.717) is 18.2 Å². The van der Waals surface area contributed by atoms with Crippen LogP contribution in [0.4, 0.5) is 0 Å². The number of esters is 2. The SMILES string of the molecule is CCOC(=O)c1cccc(C)c1C(=O)OCC[n+]1cccn1C1CCCCC1. The lowest BCUT2D eigenvalue weighted by molar-refractivity contribution is -0.778. The number of hydrogen-bond donors (Lipinski definition) is 0. The molecule has 2 aromatic rings. The molecule has 1 aliphatic rings. The van der Waals surface area contributed by atoms with Gasteiger partial charge in [0.15, 0.2) is 12.8 Å². The van der Waals surface area contributed by atoms with Crippen molar-refractivity contribution in [3.8, 4) is 0 Å². The van der Waals surface area contributed by atoms with E-state index >= 15 is 0 Å². The van der Waals surface area contributed by atoms with Gasteiger partial charge >= 0.3 is 11.9 Å². The highest BCUT2D eigenvalue weighted by molar-refractivity contribution is 6.04. The van der Waals surface area contributed by atoms with E-state index in [9.17, 15) is 9.59 Å². The Balaban J connectivity index is 1.64. The van der Waals surface area contributed by atoms with Gasteiger partial charge in [-0.25, -0.2) is 9.59 Å². The van der Waals surface area contributed by atoms with E-state index in [1.807, 2.05) is 12.3 Å². The molecule has 1 aromatic heterocycles. The summed E-state index contributed by atoms with van der Waals surface area (Å²) in [6, 6.07) is 7.68. The Hall–Kier alpha value is -2.63. The number of aromatic nitrogens is 2. The first kappa shape index (κ1) is 20.1. The molecule has 6 nitrogen and oxygen atoms in total. The lowest BCUT2D eigenvalue weighted by atomic mass is 9.96. The van der Waals surface area contributed by atoms with E-state index in [2.05, 4.69) is 15.6 Å². The molecule has 0 amide bonds. The fourth-order valence-electron chi connectivity index (χ4n) is 3.88. The lowest BCUT2D eigenvalue weighted by Gasteiger charge is -2.21. The van der Waals surface area contributed by atoms with E-state index in [0.717, 1.165) is 0 Å². The third kappa shape index (κ3) is 4.61. The van der Waals surface area contributed by atoms with Gasteiger partial charge < -0.3 is 9.47 Å². The Labute approximate surface area is 166 Å². The summed E-state index contributed by atoms with van der Waals surface area (Å²) in [6.45, 7) is 4.62. The molecule has 0 aliphatic heterocycles. The second-order valence-corrected chi connectivity index (χ2v) is 7.18. The van der Waals surface area contributed by atoms with E-state index in [1.54, 1.807) is 32.0 Å². The molecule has 0 atom stereocenters. The highest BCUT2D eigenvalue weighted by Gasteiger charge is 2.24. The Morgan fingerprint density at radius 1 is 1.11 bits per heavy atom. The molecular weight excluding hydrogens is 356 g/mol. The third-order valence-corrected chi connectivity index (χ3v) is 5.27. The third-order valence-electron chi connectivity index (χ3n) is 5.27. The Kier molecular flexibility index (Phi) is 6.85. The maximum Gasteiger partial charge on any atom is 0.339 e. The van der Waals surface area contributed by atoms with Gasteiger partial charge in [-0.3, -0.25) is 0 Å². The fourth-order valence-corrected chi connectivity index (χ4v) is 3.88. The molecule has 1 aromatic carbocycles. The Bertz CT molecular complexity index is 822. The average Bonchev–Trinajstić information content (AvgIpc) is 3.17. The van der Waals surface area contributed by atoms with Crippen LogP contribution in [0.2, 0.25) is 0 Å². The van der Waals surface area contributed by atoms with Gasteiger partial charge in [-0.1, -0.05) is 31.4 Å². The molecule has 0 unspecified atom stereocenters. The van der Waals surface area contributed by atoms with Crippen LogP contribution >= 0.6 is 0 Å². The van der Waals surface area contributed by atoms with Crippen molar-refractivity contribution in [3.63, 3.8) is 0 Å². The molecule has 0 saturated heterocycles. The van der Waals surface area contributed by atoms with Crippen molar-refractivity contribution >= 4 is 11.9 Å². The van der Waals surface area contributed by atoms with Crippen molar-refractivity contribution in [1.29, 1.82) is 0 Å². The molecule has 0 radical (unpaired) electrons. The number of aryl methyl sites for hydroxylation is 1. The summed E-state index contributed by atoms with van der Waals surface area (Å²) in [5.41, 5.74) is 1.24. The minimum atomic E-state index is -0.501. The van der Waals surface area contributed by atoms with Crippen molar-refractivity contribution in [1.82, 2.24) is 4.68 Å². The van der Waals surface area contributed by atoms with Gasteiger partial charge in [0, 0.05) is 6.07 Å². The predicted octanol–water partition coefficient (Wildman–Crippen LogP) is 3.62. The van der Waals surface area contributed by atoms with Crippen LogP contribution in [0.25, 0.3) is 0 Å². The van der Waals surface area contributed by atoms with Crippen LogP contribution in [-0.2, 0) is 16.0 Å². The second-order valence-electron chi connectivity index (χ2n) is 7.18. The van der Waals surface area contributed by atoms with Crippen molar-refractivity contribution in [3.05, 3.63) is 53.3 Å². The lowest BCUT2D eigenvalue weighted by Crippen LogP contribution is -2.46. The van der Waals surface area contributed by atoms with Crippen molar-refractivity contribution in [2.45, 2.75) is 58.5 Å². The number of ether oxygens (including phenoxy) is 2. The smallest absolute Gasteiger partial charge is 0.339 e. The van der Waals surface area contributed by atoms with Crippen LogP contribution < -0.4 is 4.68 Å². The van der Waals surface area contributed by atoms with Gasteiger partial charge in [-0.05, 0) is 38.3 Å². The fraction of sp³-hybridized carbons (Fsp3) is 0.500. The van der Waals surface area contributed by atoms with E-state index in [1.165, 1.54) is 32.1 Å². The van der Waals surface area contributed by atoms with Crippen molar-refractivity contribution in [2.24, 2.45) is 0 Å². The first-order valence-electron chi connectivity index (χ1n) is 10.1.